The Bertz CT molecular complexity index is 1380. The van der Waals surface area contributed by atoms with Crippen molar-refractivity contribution in [3.8, 4) is 11.1 Å². The molecule has 0 amide bonds. The van der Waals surface area contributed by atoms with Gasteiger partial charge in [-0.15, -0.1) is 0 Å². The quantitative estimate of drug-likeness (QED) is 0.407. The van der Waals surface area contributed by atoms with Gasteiger partial charge in [0.1, 0.15) is 5.82 Å². The first-order valence-corrected chi connectivity index (χ1v) is 11.2. The molecule has 32 heavy (non-hydrogen) atoms. The van der Waals surface area contributed by atoms with Gasteiger partial charge in [0, 0.05) is 34.5 Å². The van der Waals surface area contributed by atoms with Crippen molar-refractivity contribution in [3.05, 3.63) is 52.9 Å². The van der Waals surface area contributed by atoms with E-state index in [-0.39, 0.29) is 5.92 Å². The Labute approximate surface area is 191 Å². The van der Waals surface area contributed by atoms with Crippen molar-refractivity contribution >= 4 is 50.1 Å². The maximum atomic E-state index is 11.8. The van der Waals surface area contributed by atoms with Gasteiger partial charge in [0.2, 0.25) is 5.78 Å². The number of nitrogens with zero attached hydrogens (tertiary/aromatic N) is 4. The van der Waals surface area contributed by atoms with Gasteiger partial charge in [-0.05, 0) is 53.7 Å². The molecule has 0 spiro atoms. The Morgan fingerprint density at radius 2 is 1.88 bits per heavy atom. The number of aliphatic carboxylic acids is 1. The number of para-hydroxylation sites is 1. The maximum Gasteiger partial charge on any atom is 0.372 e. The Morgan fingerprint density at radius 1 is 1.12 bits per heavy atom. The molecule has 0 bridgehead atoms. The first-order valence-electron chi connectivity index (χ1n) is 10.4. The highest BCUT2D eigenvalue weighted by atomic mass is 79.9. The number of carbonyl (C=O) groups is 2. The molecule has 0 unspecified atom stereocenters. The van der Waals surface area contributed by atoms with Crippen LogP contribution in [0.15, 0.2) is 47.2 Å². The van der Waals surface area contributed by atoms with Gasteiger partial charge in [-0.1, -0.05) is 18.2 Å². The molecule has 0 atom stereocenters. The lowest BCUT2D eigenvalue weighted by Crippen LogP contribution is -2.27. The topological polar surface area (TPSA) is 123 Å². The number of pyridine rings is 1. The molecular weight excluding hydrogens is 474 g/mol. The molecule has 162 valence electrons. The van der Waals surface area contributed by atoms with E-state index >= 15 is 0 Å². The summed E-state index contributed by atoms with van der Waals surface area (Å²) in [6.45, 7) is 0. The summed E-state index contributed by atoms with van der Waals surface area (Å²) >= 11 is 3.58. The summed E-state index contributed by atoms with van der Waals surface area (Å²) < 4.78 is 2.29. The van der Waals surface area contributed by atoms with E-state index in [0.29, 0.717) is 41.6 Å². The molecular formula is C23H20BrN5O3. The molecule has 3 N–H and O–H groups in total. The van der Waals surface area contributed by atoms with Crippen molar-refractivity contribution in [2.75, 3.05) is 5.73 Å². The number of hydrogen-bond donors (Lipinski definition) is 2. The molecule has 1 aromatic carbocycles. The van der Waals surface area contributed by atoms with Gasteiger partial charge in [0.25, 0.3) is 0 Å². The number of carbonyl (C=O) groups excluding carboxylic acids is 1. The van der Waals surface area contributed by atoms with Crippen LogP contribution in [0, 0.1) is 5.92 Å². The zero-order valence-corrected chi connectivity index (χ0v) is 18.6. The number of nitrogen functional groups attached to an aromatic ring is 1. The summed E-state index contributed by atoms with van der Waals surface area (Å²) in [7, 11) is 0. The lowest BCUT2D eigenvalue weighted by Gasteiger charge is -2.27. The minimum Gasteiger partial charge on any atom is -0.475 e. The van der Waals surface area contributed by atoms with E-state index in [4.69, 9.17) is 15.8 Å². The van der Waals surface area contributed by atoms with E-state index in [1.165, 1.54) is 0 Å². The smallest absolute Gasteiger partial charge is 0.372 e. The number of fused-ring (bicyclic) bond motifs is 2. The van der Waals surface area contributed by atoms with Gasteiger partial charge in [-0.2, -0.15) is 9.61 Å². The molecule has 1 aliphatic rings. The molecule has 9 heteroatoms. The van der Waals surface area contributed by atoms with Crippen LogP contribution in [-0.4, -0.2) is 36.4 Å². The number of hydrogen-bond acceptors (Lipinski definition) is 6. The zero-order valence-electron chi connectivity index (χ0n) is 17.0. The van der Waals surface area contributed by atoms with Crippen LogP contribution in [0.3, 0.4) is 0 Å². The molecule has 8 nitrogen and oxygen atoms in total. The second kappa shape index (κ2) is 7.98. The lowest BCUT2D eigenvalue weighted by molar-refractivity contribution is -0.151. The Kier molecular flexibility index (Phi) is 5.13. The van der Waals surface area contributed by atoms with Crippen LogP contribution >= 0.6 is 15.9 Å². The van der Waals surface area contributed by atoms with Crippen LogP contribution in [0.4, 0.5) is 5.82 Å². The number of nitrogens with two attached hydrogens (primary N) is 1. The molecule has 1 saturated carbocycles. The van der Waals surface area contributed by atoms with E-state index in [0.717, 1.165) is 27.7 Å². The predicted molar refractivity (Wildman–Crippen MR) is 123 cm³/mol. The zero-order chi connectivity index (χ0) is 22.4. The number of halogens is 1. The Hall–Kier alpha value is -3.33. The minimum atomic E-state index is -1.36. The van der Waals surface area contributed by atoms with Crippen molar-refractivity contribution in [1.82, 2.24) is 19.6 Å². The fourth-order valence-electron chi connectivity index (χ4n) is 4.51. The van der Waals surface area contributed by atoms with Crippen molar-refractivity contribution in [1.29, 1.82) is 0 Å². The fourth-order valence-corrected chi connectivity index (χ4v) is 5.09. The number of rotatable bonds is 4. The highest BCUT2D eigenvalue weighted by Crippen LogP contribution is 2.41. The Balaban J connectivity index is 1.53. The number of aromatic nitrogens is 4. The van der Waals surface area contributed by atoms with Crippen molar-refractivity contribution in [3.63, 3.8) is 0 Å². The van der Waals surface area contributed by atoms with Crippen molar-refractivity contribution < 1.29 is 14.7 Å². The van der Waals surface area contributed by atoms with E-state index in [9.17, 15) is 9.59 Å². The summed E-state index contributed by atoms with van der Waals surface area (Å²) in [6.07, 6.45) is 5.94. The average molecular weight is 494 g/mol. The number of benzene rings is 1. The predicted octanol–water partition coefficient (Wildman–Crippen LogP) is 4.22. The first-order chi connectivity index (χ1) is 15.4. The van der Waals surface area contributed by atoms with E-state index < -0.39 is 17.7 Å². The molecule has 0 aliphatic heterocycles. The summed E-state index contributed by atoms with van der Waals surface area (Å²) in [5.74, 6) is -1.96. The van der Waals surface area contributed by atoms with Gasteiger partial charge in [0.15, 0.2) is 5.65 Å². The van der Waals surface area contributed by atoms with Crippen molar-refractivity contribution in [2.24, 2.45) is 5.92 Å². The third-order valence-electron chi connectivity index (χ3n) is 6.25. The average Bonchev–Trinajstić information content (AvgIpc) is 3.25. The number of Topliss-reactive ketones (excluding diaryl/α,β-unsaturated/α-hetero) is 1. The number of anilines is 1. The highest BCUT2D eigenvalue weighted by Gasteiger charge is 2.32. The molecule has 0 radical (unpaired) electrons. The maximum absolute atomic E-state index is 11.8. The molecule has 3 heterocycles. The molecule has 0 saturated heterocycles. The number of carboxylic acids is 1. The highest BCUT2D eigenvalue weighted by molar-refractivity contribution is 9.10. The summed E-state index contributed by atoms with van der Waals surface area (Å²) in [6, 6.07) is 9.96. The fraction of sp³-hybridized carbons (Fsp3) is 0.261. The molecule has 4 aromatic rings. The largest absolute Gasteiger partial charge is 0.475 e. The van der Waals surface area contributed by atoms with Crippen LogP contribution < -0.4 is 5.73 Å². The molecule has 1 aliphatic carbocycles. The Morgan fingerprint density at radius 3 is 2.62 bits per heavy atom. The van der Waals surface area contributed by atoms with Gasteiger partial charge < -0.3 is 10.8 Å². The standard InChI is InChI=1S/C23H20BrN5O3/c24-18-19(12-5-7-13(8-6-12)20(30)23(31)32)28-22-16(11-27-29(22)21(18)25)15-9-14-3-1-2-4-17(14)26-10-15/h1-4,9-13H,5-8,25H2,(H,31,32). The van der Waals surface area contributed by atoms with Crippen LogP contribution in [0.25, 0.3) is 27.7 Å². The van der Waals surface area contributed by atoms with Gasteiger partial charge in [-0.3, -0.25) is 9.78 Å². The van der Waals surface area contributed by atoms with Crippen LogP contribution in [0.2, 0.25) is 0 Å². The van der Waals surface area contributed by atoms with Crippen molar-refractivity contribution in [2.45, 2.75) is 31.6 Å². The van der Waals surface area contributed by atoms with Gasteiger partial charge >= 0.3 is 5.97 Å². The van der Waals surface area contributed by atoms with Gasteiger partial charge in [0.05, 0.1) is 21.9 Å². The SMILES string of the molecule is Nc1c(Br)c(C2CCC(C(=O)C(=O)O)CC2)nc2c(-c3cnc4ccccc4c3)cnn12. The number of ketones is 1. The second-order valence-electron chi connectivity index (χ2n) is 8.12. The molecule has 5 rings (SSSR count). The third-order valence-corrected chi connectivity index (χ3v) is 7.06. The number of carboxylic acid groups (broad SMARTS) is 1. The summed E-state index contributed by atoms with van der Waals surface area (Å²) in [5.41, 5.74) is 10.5. The monoisotopic (exact) mass is 493 g/mol. The van der Waals surface area contributed by atoms with E-state index in [2.05, 4.69) is 32.1 Å². The summed E-state index contributed by atoms with van der Waals surface area (Å²) in [5, 5.41) is 14.5. The second-order valence-corrected chi connectivity index (χ2v) is 8.92. The van der Waals surface area contributed by atoms with Crippen LogP contribution in [-0.2, 0) is 9.59 Å². The molecule has 1 fully saturated rings. The first kappa shape index (κ1) is 20.6. The van der Waals surface area contributed by atoms with E-state index in [1.54, 1.807) is 10.7 Å². The van der Waals surface area contributed by atoms with Gasteiger partial charge in [-0.25, -0.2) is 9.78 Å². The lowest BCUT2D eigenvalue weighted by atomic mass is 9.78. The van der Waals surface area contributed by atoms with Crippen LogP contribution in [0.1, 0.15) is 37.3 Å². The minimum absolute atomic E-state index is 0.0759. The normalized spacial score (nSPS) is 18.8. The van der Waals surface area contributed by atoms with E-state index in [1.807, 2.05) is 30.5 Å². The summed E-state index contributed by atoms with van der Waals surface area (Å²) in [4.78, 5) is 32.3. The van der Waals surface area contributed by atoms with Crippen LogP contribution in [0.5, 0.6) is 0 Å². The third kappa shape index (κ3) is 3.42. The molecule has 3 aromatic heterocycles.